The first-order valence-corrected chi connectivity index (χ1v) is 8.12. The van der Waals surface area contributed by atoms with Crippen LogP contribution in [0.1, 0.15) is 45.1 Å². The van der Waals surface area contributed by atoms with E-state index in [1.165, 1.54) is 5.56 Å². The summed E-state index contributed by atoms with van der Waals surface area (Å²) in [6.45, 7) is 9.77. The van der Waals surface area contributed by atoms with E-state index in [4.69, 9.17) is 0 Å². The van der Waals surface area contributed by atoms with Gasteiger partial charge < -0.3 is 4.98 Å². The second-order valence-electron chi connectivity index (χ2n) is 6.18. The molecule has 1 N–H and O–H groups in total. The molecule has 0 radical (unpaired) electrons. The summed E-state index contributed by atoms with van der Waals surface area (Å²) in [5.41, 5.74) is 3.42. The Kier molecular flexibility index (Phi) is 5.35. The Hall–Kier alpha value is -1.26. The van der Waals surface area contributed by atoms with E-state index in [0.717, 1.165) is 43.5 Å². The van der Waals surface area contributed by atoms with Crippen LogP contribution in [0.5, 0.6) is 0 Å². The first-order chi connectivity index (χ1) is 10.2. The molecule has 122 valence electrons. The van der Waals surface area contributed by atoms with Crippen LogP contribution < -0.4 is 5.69 Å². The van der Waals surface area contributed by atoms with Crippen molar-refractivity contribution in [2.45, 2.75) is 52.1 Å². The fourth-order valence-corrected chi connectivity index (χ4v) is 3.79. The maximum atomic E-state index is 12.2. The summed E-state index contributed by atoms with van der Waals surface area (Å²) >= 11 is 0. The predicted molar refractivity (Wildman–Crippen MR) is 94.2 cm³/mol. The lowest BCUT2D eigenvalue weighted by Gasteiger charge is -2.38. The third-order valence-corrected chi connectivity index (χ3v) is 4.75. The van der Waals surface area contributed by atoms with Crippen LogP contribution in [0, 0.1) is 0 Å². The molecule has 1 aliphatic heterocycles. The molecule has 0 spiro atoms. The Labute approximate surface area is 137 Å². The number of benzene rings is 1. The van der Waals surface area contributed by atoms with Gasteiger partial charge in [0.2, 0.25) is 0 Å². The number of imidazole rings is 1. The largest absolute Gasteiger partial charge is 0.326 e. The molecule has 5 heteroatoms. The predicted octanol–water partition coefficient (Wildman–Crippen LogP) is 3.36. The zero-order valence-corrected chi connectivity index (χ0v) is 14.4. The molecule has 2 aromatic rings. The van der Waals surface area contributed by atoms with E-state index in [1.54, 1.807) is 0 Å². The first kappa shape index (κ1) is 17.1. The number of halogens is 1. The standard InChI is InChI=1S/C17H25N3O.ClH/c1-4-9-19(10-5-2)15-11-20-16-13(12(15)3)7-6-8-14(16)18-17(20)21;/h6-8,12,15H,4-5,9-11H2,1-3H3,(H,18,21);1H. The number of nitrogens with one attached hydrogen (secondary N) is 1. The lowest BCUT2D eigenvalue weighted by molar-refractivity contribution is 0.152. The van der Waals surface area contributed by atoms with Gasteiger partial charge in [-0.25, -0.2) is 4.79 Å². The smallest absolute Gasteiger partial charge is 0.306 e. The lowest BCUT2D eigenvalue weighted by Crippen LogP contribution is -2.46. The molecule has 0 fully saturated rings. The van der Waals surface area contributed by atoms with Crippen LogP contribution in [0.4, 0.5) is 0 Å². The van der Waals surface area contributed by atoms with Crippen LogP contribution in [-0.2, 0) is 6.54 Å². The van der Waals surface area contributed by atoms with E-state index in [2.05, 4.69) is 42.8 Å². The summed E-state index contributed by atoms with van der Waals surface area (Å²) in [6.07, 6.45) is 2.31. The Morgan fingerprint density at radius 1 is 1.27 bits per heavy atom. The highest BCUT2D eigenvalue weighted by Gasteiger charge is 2.32. The van der Waals surface area contributed by atoms with Gasteiger partial charge in [0.15, 0.2) is 0 Å². The van der Waals surface area contributed by atoms with E-state index >= 15 is 0 Å². The van der Waals surface area contributed by atoms with E-state index in [-0.39, 0.29) is 18.1 Å². The number of aromatic amines is 1. The van der Waals surface area contributed by atoms with Gasteiger partial charge in [0.1, 0.15) is 0 Å². The van der Waals surface area contributed by atoms with Crippen molar-refractivity contribution in [3.63, 3.8) is 0 Å². The quantitative estimate of drug-likeness (QED) is 0.916. The second-order valence-corrected chi connectivity index (χ2v) is 6.18. The van der Waals surface area contributed by atoms with Crippen LogP contribution in [0.25, 0.3) is 11.0 Å². The van der Waals surface area contributed by atoms with Crippen LogP contribution in [0.2, 0.25) is 0 Å². The molecule has 0 bridgehead atoms. The minimum atomic E-state index is 0. The van der Waals surface area contributed by atoms with Gasteiger partial charge in [0, 0.05) is 18.5 Å². The minimum Gasteiger partial charge on any atom is -0.306 e. The highest BCUT2D eigenvalue weighted by molar-refractivity contribution is 5.85. The van der Waals surface area contributed by atoms with E-state index in [0.29, 0.717) is 12.0 Å². The Morgan fingerprint density at radius 3 is 2.59 bits per heavy atom. The topological polar surface area (TPSA) is 41.0 Å². The summed E-state index contributed by atoms with van der Waals surface area (Å²) in [4.78, 5) is 17.8. The second kappa shape index (κ2) is 6.88. The Morgan fingerprint density at radius 2 is 1.95 bits per heavy atom. The highest BCUT2D eigenvalue weighted by Crippen LogP contribution is 2.34. The van der Waals surface area contributed by atoms with Gasteiger partial charge in [-0.2, -0.15) is 0 Å². The highest BCUT2D eigenvalue weighted by atomic mass is 35.5. The van der Waals surface area contributed by atoms with E-state index in [9.17, 15) is 4.79 Å². The zero-order valence-electron chi connectivity index (χ0n) is 13.6. The third-order valence-electron chi connectivity index (χ3n) is 4.75. The fourth-order valence-electron chi connectivity index (χ4n) is 3.79. The van der Waals surface area contributed by atoms with Crippen molar-refractivity contribution in [1.29, 1.82) is 0 Å². The SMILES string of the molecule is CCCN(CCC)C1Cn2c(=O)[nH]c3cccc(c32)C1C.Cl. The van der Waals surface area contributed by atoms with Crippen molar-refractivity contribution in [1.82, 2.24) is 14.5 Å². The summed E-state index contributed by atoms with van der Waals surface area (Å²) < 4.78 is 1.94. The zero-order chi connectivity index (χ0) is 15.0. The average molecular weight is 324 g/mol. The number of aromatic nitrogens is 2. The van der Waals surface area contributed by atoms with Crippen molar-refractivity contribution >= 4 is 23.4 Å². The van der Waals surface area contributed by atoms with E-state index < -0.39 is 0 Å². The molecular formula is C17H26ClN3O. The summed E-state index contributed by atoms with van der Waals surface area (Å²) in [5.74, 6) is 0.460. The Bertz CT molecular complexity index is 685. The van der Waals surface area contributed by atoms with Gasteiger partial charge in [-0.1, -0.05) is 32.9 Å². The molecule has 2 unspecified atom stereocenters. The summed E-state index contributed by atoms with van der Waals surface area (Å²) in [6, 6.07) is 6.65. The van der Waals surface area contributed by atoms with Crippen LogP contribution in [0.3, 0.4) is 0 Å². The van der Waals surface area contributed by atoms with Gasteiger partial charge in [-0.15, -0.1) is 12.4 Å². The average Bonchev–Trinajstić information content (AvgIpc) is 2.79. The van der Waals surface area contributed by atoms with Crippen molar-refractivity contribution in [3.05, 3.63) is 34.2 Å². The molecule has 1 aliphatic rings. The summed E-state index contributed by atoms with van der Waals surface area (Å²) in [7, 11) is 0. The lowest BCUT2D eigenvalue weighted by atomic mass is 9.88. The molecule has 4 nitrogen and oxygen atoms in total. The van der Waals surface area contributed by atoms with Crippen molar-refractivity contribution in [3.8, 4) is 0 Å². The molecule has 0 aliphatic carbocycles. The molecule has 2 heterocycles. The van der Waals surface area contributed by atoms with Gasteiger partial charge in [-0.05, 0) is 37.6 Å². The number of H-pyrrole nitrogens is 1. The third kappa shape index (κ3) is 2.70. The van der Waals surface area contributed by atoms with Crippen molar-refractivity contribution < 1.29 is 0 Å². The number of rotatable bonds is 5. The molecule has 1 aromatic carbocycles. The van der Waals surface area contributed by atoms with Gasteiger partial charge >= 0.3 is 5.69 Å². The van der Waals surface area contributed by atoms with Crippen LogP contribution >= 0.6 is 12.4 Å². The molecule has 0 saturated carbocycles. The normalized spacial score (nSPS) is 20.4. The maximum Gasteiger partial charge on any atom is 0.326 e. The van der Waals surface area contributed by atoms with Gasteiger partial charge in [-0.3, -0.25) is 9.47 Å². The summed E-state index contributed by atoms with van der Waals surface area (Å²) in [5, 5.41) is 0. The monoisotopic (exact) mass is 323 g/mol. The van der Waals surface area contributed by atoms with Crippen LogP contribution in [0.15, 0.2) is 23.0 Å². The van der Waals surface area contributed by atoms with Crippen molar-refractivity contribution in [2.24, 2.45) is 0 Å². The fraction of sp³-hybridized carbons (Fsp3) is 0.588. The molecular weight excluding hydrogens is 298 g/mol. The molecule has 0 saturated heterocycles. The minimum absolute atomic E-state index is 0. The van der Waals surface area contributed by atoms with Crippen molar-refractivity contribution in [2.75, 3.05) is 13.1 Å². The van der Waals surface area contributed by atoms with Gasteiger partial charge in [0.05, 0.1) is 11.0 Å². The number of hydrogen-bond donors (Lipinski definition) is 1. The van der Waals surface area contributed by atoms with E-state index in [1.807, 2.05) is 10.6 Å². The molecule has 0 amide bonds. The molecule has 2 atom stereocenters. The Balaban J connectivity index is 0.00000176. The number of para-hydroxylation sites is 1. The van der Waals surface area contributed by atoms with Crippen LogP contribution in [-0.4, -0.2) is 33.6 Å². The number of hydrogen-bond acceptors (Lipinski definition) is 2. The van der Waals surface area contributed by atoms with Gasteiger partial charge in [0.25, 0.3) is 0 Å². The number of nitrogens with zero attached hydrogens (tertiary/aromatic N) is 2. The molecule has 3 rings (SSSR count). The molecule has 22 heavy (non-hydrogen) atoms. The molecule has 1 aromatic heterocycles. The first-order valence-electron chi connectivity index (χ1n) is 8.12. The maximum absolute atomic E-state index is 12.2.